The Hall–Kier alpha value is -0.960. The zero-order valence-corrected chi connectivity index (χ0v) is 38.1. The summed E-state index contributed by atoms with van der Waals surface area (Å²) >= 11 is 10.7. The van der Waals surface area contributed by atoms with Crippen LogP contribution in [-0.2, 0) is 25.7 Å². The fraction of sp³-hybridized carbons (Fsp3) is 0.727. The highest BCUT2D eigenvalue weighted by molar-refractivity contribution is 9.12. The molecule has 4 nitrogen and oxygen atoms in total. The molecule has 0 saturated heterocycles. The maximum Gasteiger partial charge on any atom is 0.115 e. The third-order valence-electron chi connectivity index (χ3n) is 10.1. The lowest BCUT2D eigenvalue weighted by atomic mass is 10.0. The Bertz CT molecular complexity index is 1390. The lowest BCUT2D eigenvalue weighted by molar-refractivity contribution is 0.593. The summed E-state index contributed by atoms with van der Waals surface area (Å²) in [4.78, 5) is 19.9. The van der Waals surface area contributed by atoms with E-state index in [9.17, 15) is 0 Å². The van der Waals surface area contributed by atoms with Gasteiger partial charge in [0.15, 0.2) is 0 Å². The summed E-state index contributed by atoms with van der Waals surface area (Å²) in [5.41, 5.74) is 9.26. The summed E-state index contributed by atoms with van der Waals surface area (Å²) < 4.78 is 2.18. The van der Waals surface area contributed by atoms with E-state index >= 15 is 0 Å². The number of rotatable bonds is 28. The van der Waals surface area contributed by atoms with Gasteiger partial charge in [0.1, 0.15) is 11.0 Å². The predicted octanol–water partition coefficient (Wildman–Crippen LogP) is 16.5. The van der Waals surface area contributed by atoms with Gasteiger partial charge in [0, 0.05) is 10.8 Å². The van der Waals surface area contributed by atoms with Gasteiger partial charge < -0.3 is 0 Å². The maximum absolute atomic E-state index is 5.03. The fourth-order valence-electron chi connectivity index (χ4n) is 6.92. The molecule has 0 aliphatic rings. The van der Waals surface area contributed by atoms with Gasteiger partial charge >= 0.3 is 0 Å². The van der Waals surface area contributed by atoms with Gasteiger partial charge in [-0.1, -0.05) is 156 Å². The summed E-state index contributed by atoms with van der Waals surface area (Å²) in [5, 5.41) is 4.28. The molecule has 0 unspecified atom stereocenters. The first-order valence-electron chi connectivity index (χ1n) is 21.4. The SMILES string of the molecule is CCCCCCCCc1nc2c(Br)sc(Br)c2nc1CCCCCCCC.CCCCCCCCc1nc2cscc2nc1CCCCCCCC. The highest BCUT2D eigenvalue weighted by Gasteiger charge is 2.16. The van der Waals surface area contributed by atoms with Crippen molar-refractivity contribution in [1.29, 1.82) is 0 Å². The third kappa shape index (κ3) is 17.2. The number of unbranched alkanes of at least 4 members (excludes halogenated alkanes) is 20. The largest absolute Gasteiger partial charge is 0.248 e. The summed E-state index contributed by atoms with van der Waals surface area (Å²) in [6.07, 6.45) is 36.3. The Kier molecular flexibility index (Phi) is 24.9. The van der Waals surface area contributed by atoms with E-state index in [1.54, 1.807) is 22.7 Å². The number of hydrogen-bond acceptors (Lipinski definition) is 6. The van der Waals surface area contributed by atoms with Gasteiger partial charge in [-0.15, -0.1) is 22.7 Å². The lowest BCUT2D eigenvalue weighted by Gasteiger charge is -2.09. The molecule has 8 heteroatoms. The minimum Gasteiger partial charge on any atom is -0.248 e. The molecule has 0 radical (unpaired) electrons. The topological polar surface area (TPSA) is 51.6 Å². The van der Waals surface area contributed by atoms with Crippen molar-refractivity contribution < 1.29 is 0 Å². The number of aryl methyl sites for hydroxylation is 4. The van der Waals surface area contributed by atoms with E-state index in [2.05, 4.69) is 70.3 Å². The molecule has 52 heavy (non-hydrogen) atoms. The van der Waals surface area contributed by atoms with Crippen LogP contribution in [0.5, 0.6) is 0 Å². The molecule has 0 bridgehead atoms. The van der Waals surface area contributed by atoms with Gasteiger partial charge in [0.25, 0.3) is 0 Å². The van der Waals surface area contributed by atoms with E-state index in [-0.39, 0.29) is 0 Å². The first-order valence-corrected chi connectivity index (χ1v) is 24.7. The minimum atomic E-state index is 1.03. The van der Waals surface area contributed by atoms with E-state index in [0.717, 1.165) is 55.3 Å². The smallest absolute Gasteiger partial charge is 0.115 e. The Labute approximate surface area is 342 Å². The molecular formula is C44H70Br2N4S2. The van der Waals surface area contributed by atoms with Crippen LogP contribution in [0.25, 0.3) is 22.1 Å². The van der Waals surface area contributed by atoms with Gasteiger partial charge in [0.05, 0.1) is 41.4 Å². The second-order valence-corrected chi connectivity index (χ2v) is 19.2. The van der Waals surface area contributed by atoms with Gasteiger partial charge in [0.2, 0.25) is 0 Å². The number of thiophene rings is 2. The summed E-state index contributed by atoms with van der Waals surface area (Å²) in [6.45, 7) is 9.10. The van der Waals surface area contributed by atoms with E-state index in [1.165, 1.54) is 177 Å². The molecule has 0 atom stereocenters. The van der Waals surface area contributed by atoms with E-state index in [4.69, 9.17) is 19.9 Å². The molecular weight excluding hydrogens is 808 g/mol. The van der Waals surface area contributed by atoms with E-state index in [1.807, 2.05) is 0 Å². The molecule has 4 heterocycles. The second kappa shape index (κ2) is 28.4. The normalized spacial score (nSPS) is 11.5. The molecule has 0 fully saturated rings. The van der Waals surface area contributed by atoms with Crippen molar-refractivity contribution in [2.24, 2.45) is 0 Å². The van der Waals surface area contributed by atoms with Crippen LogP contribution in [0.1, 0.15) is 205 Å². The molecule has 0 spiro atoms. The number of halogens is 2. The number of aromatic nitrogens is 4. The Morgan fingerprint density at radius 2 is 0.654 bits per heavy atom. The Morgan fingerprint density at radius 3 is 0.962 bits per heavy atom. The zero-order chi connectivity index (χ0) is 37.2. The molecule has 292 valence electrons. The second-order valence-electron chi connectivity index (χ2n) is 14.8. The van der Waals surface area contributed by atoms with Gasteiger partial charge in [-0.3, -0.25) is 0 Å². The van der Waals surface area contributed by atoms with Crippen LogP contribution in [0.2, 0.25) is 0 Å². The van der Waals surface area contributed by atoms with Gasteiger partial charge in [-0.25, -0.2) is 19.9 Å². The average molecular weight is 879 g/mol. The highest BCUT2D eigenvalue weighted by Crippen LogP contribution is 2.37. The van der Waals surface area contributed by atoms with Crippen LogP contribution in [0.3, 0.4) is 0 Å². The molecule has 0 aliphatic heterocycles. The van der Waals surface area contributed by atoms with Crippen LogP contribution >= 0.6 is 54.5 Å². The number of nitrogens with zero attached hydrogens (tertiary/aromatic N) is 4. The van der Waals surface area contributed by atoms with Crippen molar-refractivity contribution in [2.75, 3.05) is 0 Å². The molecule has 4 aromatic rings. The predicted molar refractivity (Wildman–Crippen MR) is 239 cm³/mol. The lowest BCUT2D eigenvalue weighted by Crippen LogP contribution is -2.03. The summed E-state index contributed by atoms with van der Waals surface area (Å²) in [6, 6.07) is 0. The third-order valence-corrected chi connectivity index (χ3v) is 13.3. The zero-order valence-electron chi connectivity index (χ0n) is 33.3. The van der Waals surface area contributed by atoms with Crippen molar-refractivity contribution in [2.45, 2.75) is 207 Å². The molecule has 0 aromatic carbocycles. The molecule has 4 aromatic heterocycles. The van der Waals surface area contributed by atoms with Crippen molar-refractivity contribution in [3.05, 3.63) is 41.1 Å². The van der Waals surface area contributed by atoms with Crippen molar-refractivity contribution in [3.63, 3.8) is 0 Å². The standard InChI is InChI=1S/C22H34Br2N2S.C22H36N2S/c1-3-5-7-9-11-13-15-17-18(16-14-12-10-8-6-4-2)26-20-19(25-17)21(23)27-22(20)24;1-3-5-7-9-11-13-15-19-20(16-14-12-10-8-6-4-2)24-22-18-25-17-21(22)23-19/h3-16H2,1-2H3;17-18H,3-16H2,1-2H3. The van der Waals surface area contributed by atoms with E-state index < -0.39 is 0 Å². The monoisotopic (exact) mass is 876 g/mol. The van der Waals surface area contributed by atoms with Crippen LogP contribution < -0.4 is 0 Å². The number of hydrogen-bond donors (Lipinski definition) is 0. The van der Waals surface area contributed by atoms with Crippen LogP contribution in [0.15, 0.2) is 18.3 Å². The van der Waals surface area contributed by atoms with Crippen molar-refractivity contribution in [1.82, 2.24) is 19.9 Å². The van der Waals surface area contributed by atoms with Crippen molar-refractivity contribution >= 4 is 76.6 Å². The van der Waals surface area contributed by atoms with Gasteiger partial charge in [-0.05, 0) is 83.2 Å². The summed E-state index contributed by atoms with van der Waals surface area (Å²) in [7, 11) is 0. The van der Waals surface area contributed by atoms with Gasteiger partial charge in [-0.2, -0.15) is 0 Å². The summed E-state index contributed by atoms with van der Waals surface area (Å²) in [5.74, 6) is 0. The number of fused-ring (bicyclic) bond motifs is 2. The van der Waals surface area contributed by atoms with Crippen LogP contribution in [0.4, 0.5) is 0 Å². The molecule has 0 saturated carbocycles. The molecule has 0 amide bonds. The Morgan fingerprint density at radius 1 is 0.385 bits per heavy atom. The highest BCUT2D eigenvalue weighted by atomic mass is 79.9. The quantitative estimate of drug-likeness (QED) is 0.0533. The fourth-order valence-corrected chi connectivity index (χ4v) is 10.4. The first-order chi connectivity index (χ1) is 25.5. The molecule has 4 rings (SSSR count). The van der Waals surface area contributed by atoms with Crippen LogP contribution in [0, 0.1) is 0 Å². The van der Waals surface area contributed by atoms with Crippen molar-refractivity contribution in [3.8, 4) is 0 Å². The van der Waals surface area contributed by atoms with E-state index in [0.29, 0.717) is 0 Å². The molecule has 0 N–H and O–H groups in total. The van der Waals surface area contributed by atoms with Crippen LogP contribution in [-0.4, -0.2) is 19.9 Å². The Balaban J connectivity index is 0.000000281. The molecule has 0 aliphatic carbocycles. The maximum atomic E-state index is 5.03. The first kappa shape index (κ1) is 45.4. The average Bonchev–Trinajstić information content (AvgIpc) is 3.72. The minimum absolute atomic E-state index is 1.03.